The normalized spacial score (nSPS) is 22.2. The number of pyridine rings is 1. The Labute approximate surface area is 162 Å². The molecule has 3 heterocycles. The highest BCUT2D eigenvalue weighted by molar-refractivity contribution is 7.90. The molecule has 7 nitrogen and oxygen atoms in total. The van der Waals surface area contributed by atoms with E-state index in [4.69, 9.17) is 4.78 Å². The van der Waals surface area contributed by atoms with Gasteiger partial charge in [0.15, 0.2) is 0 Å². The summed E-state index contributed by atoms with van der Waals surface area (Å²) in [4.78, 5) is 16.7. The lowest BCUT2D eigenvalue weighted by Crippen LogP contribution is -2.36. The van der Waals surface area contributed by atoms with Crippen LogP contribution < -0.4 is 10.0 Å². The number of hydrogen-bond donors (Lipinski definition) is 3. The number of hydrogen-bond acceptors (Lipinski definition) is 4. The lowest BCUT2D eigenvalue weighted by Gasteiger charge is -2.20. The van der Waals surface area contributed by atoms with Crippen LogP contribution >= 0.6 is 0 Å². The van der Waals surface area contributed by atoms with Crippen LogP contribution in [-0.4, -0.2) is 25.7 Å². The molecule has 0 bridgehead atoms. The minimum atomic E-state index is -3.26. The number of aromatic nitrogens is 2. The molecular weight excluding hydrogens is 388 g/mol. The SMILES string of the molecule is CC(C)C1CCc2c(cn(C)c2C(=O)Nc2ccnc(C(F)F)c2)S(=N)(=O)N1. The van der Waals surface area contributed by atoms with Crippen LogP contribution in [0.25, 0.3) is 0 Å². The van der Waals surface area contributed by atoms with Gasteiger partial charge in [0.05, 0.1) is 4.90 Å². The maximum Gasteiger partial charge on any atom is 0.280 e. The molecule has 0 radical (unpaired) electrons. The van der Waals surface area contributed by atoms with Gasteiger partial charge >= 0.3 is 0 Å². The molecule has 28 heavy (non-hydrogen) atoms. The Morgan fingerprint density at radius 3 is 2.82 bits per heavy atom. The third-order valence-electron chi connectivity index (χ3n) is 4.86. The van der Waals surface area contributed by atoms with Gasteiger partial charge in [-0.15, -0.1) is 0 Å². The number of amides is 1. The van der Waals surface area contributed by atoms with Gasteiger partial charge in [0.1, 0.15) is 21.3 Å². The number of nitrogens with zero attached hydrogens (tertiary/aromatic N) is 2. The van der Waals surface area contributed by atoms with Crippen molar-refractivity contribution in [1.29, 1.82) is 4.78 Å². The van der Waals surface area contributed by atoms with Gasteiger partial charge in [-0.2, -0.15) is 0 Å². The van der Waals surface area contributed by atoms with Crippen LogP contribution in [0.1, 0.15) is 48.4 Å². The number of carbonyl (C=O) groups is 1. The van der Waals surface area contributed by atoms with E-state index in [1.54, 1.807) is 7.05 Å². The maximum absolute atomic E-state index is 12.9. The van der Waals surface area contributed by atoms with Crippen LogP contribution in [0.5, 0.6) is 0 Å². The number of rotatable bonds is 4. The largest absolute Gasteiger partial charge is 0.345 e. The van der Waals surface area contributed by atoms with Crippen molar-refractivity contribution in [3.05, 3.63) is 41.5 Å². The molecule has 3 rings (SSSR count). The van der Waals surface area contributed by atoms with Crippen molar-refractivity contribution in [2.75, 3.05) is 5.32 Å². The Bertz CT molecular complexity index is 1000. The van der Waals surface area contributed by atoms with Gasteiger partial charge < -0.3 is 9.88 Å². The minimum Gasteiger partial charge on any atom is -0.345 e. The summed E-state index contributed by atoms with van der Waals surface area (Å²) < 4.78 is 51.4. The molecule has 1 aliphatic rings. The van der Waals surface area contributed by atoms with Crippen molar-refractivity contribution in [1.82, 2.24) is 14.3 Å². The van der Waals surface area contributed by atoms with Crippen LogP contribution in [0.2, 0.25) is 0 Å². The average molecular weight is 411 g/mol. The zero-order chi connectivity index (χ0) is 20.6. The number of fused-ring (bicyclic) bond motifs is 1. The van der Waals surface area contributed by atoms with Crippen molar-refractivity contribution in [3.63, 3.8) is 0 Å². The molecule has 2 aromatic heterocycles. The zero-order valence-electron chi connectivity index (χ0n) is 15.8. The first kappa shape index (κ1) is 20.4. The van der Waals surface area contributed by atoms with E-state index in [0.29, 0.717) is 23.3 Å². The predicted octanol–water partition coefficient (Wildman–Crippen LogP) is 3.49. The zero-order valence-corrected chi connectivity index (χ0v) is 16.6. The Hall–Kier alpha value is -2.33. The van der Waals surface area contributed by atoms with Crippen LogP contribution in [0.4, 0.5) is 14.5 Å². The van der Waals surface area contributed by atoms with E-state index < -0.39 is 27.9 Å². The molecule has 3 N–H and O–H groups in total. The fourth-order valence-electron chi connectivity index (χ4n) is 3.38. The molecule has 0 spiro atoms. The molecular formula is C18H23F2N5O2S. The Balaban J connectivity index is 1.95. The third kappa shape index (κ3) is 3.93. The second-order valence-corrected chi connectivity index (χ2v) is 9.01. The summed E-state index contributed by atoms with van der Waals surface area (Å²) in [7, 11) is -1.62. The number of aryl methyl sites for hydroxylation is 1. The molecule has 0 saturated heterocycles. The molecule has 10 heteroatoms. The van der Waals surface area contributed by atoms with E-state index in [2.05, 4.69) is 15.0 Å². The van der Waals surface area contributed by atoms with Gasteiger partial charge in [-0.1, -0.05) is 13.8 Å². The fraction of sp³-hybridized carbons (Fsp3) is 0.444. The fourth-order valence-corrected chi connectivity index (χ4v) is 5.17. The predicted molar refractivity (Wildman–Crippen MR) is 102 cm³/mol. The number of alkyl halides is 2. The Morgan fingerprint density at radius 2 is 2.18 bits per heavy atom. The first-order chi connectivity index (χ1) is 13.1. The smallest absolute Gasteiger partial charge is 0.280 e. The molecule has 0 fully saturated rings. The topological polar surface area (TPSA) is 99.9 Å². The van der Waals surface area contributed by atoms with Crippen molar-refractivity contribution in [3.8, 4) is 0 Å². The third-order valence-corrected chi connectivity index (χ3v) is 6.47. The molecule has 0 aromatic carbocycles. The van der Waals surface area contributed by atoms with E-state index >= 15 is 0 Å². The minimum absolute atomic E-state index is 0.104. The highest BCUT2D eigenvalue weighted by Crippen LogP contribution is 2.30. The monoisotopic (exact) mass is 411 g/mol. The van der Waals surface area contributed by atoms with Gasteiger partial charge in [-0.05, 0) is 30.9 Å². The molecule has 1 aliphatic heterocycles. The Morgan fingerprint density at radius 1 is 1.46 bits per heavy atom. The van der Waals surface area contributed by atoms with E-state index in [1.165, 1.54) is 23.0 Å². The van der Waals surface area contributed by atoms with Crippen molar-refractivity contribution in [2.45, 2.75) is 44.1 Å². The summed E-state index contributed by atoms with van der Waals surface area (Å²) in [6.45, 7) is 3.97. The van der Waals surface area contributed by atoms with E-state index in [9.17, 15) is 17.8 Å². The summed E-state index contributed by atoms with van der Waals surface area (Å²) in [6, 6.07) is 2.44. The van der Waals surface area contributed by atoms with Gasteiger partial charge in [0.2, 0.25) is 0 Å². The number of carbonyl (C=O) groups excluding carboxylic acids is 1. The highest BCUT2D eigenvalue weighted by atomic mass is 32.2. The summed E-state index contributed by atoms with van der Waals surface area (Å²) >= 11 is 0. The van der Waals surface area contributed by atoms with Gasteiger partial charge in [0, 0.05) is 36.7 Å². The first-order valence-electron chi connectivity index (χ1n) is 8.90. The van der Waals surface area contributed by atoms with E-state index in [1.807, 2.05) is 13.8 Å². The lowest BCUT2D eigenvalue weighted by molar-refractivity contribution is 0.101. The summed E-state index contributed by atoms with van der Waals surface area (Å²) in [5.74, 6) is -0.320. The summed E-state index contributed by atoms with van der Waals surface area (Å²) in [5.41, 5.74) is 0.598. The molecule has 1 amide bonds. The quantitative estimate of drug-likeness (QED) is 0.718. The van der Waals surface area contributed by atoms with Crippen molar-refractivity contribution >= 4 is 21.5 Å². The number of nitrogens with one attached hydrogen (secondary N) is 3. The van der Waals surface area contributed by atoms with Gasteiger partial charge in [-0.25, -0.2) is 22.5 Å². The Kier molecular flexibility index (Phi) is 5.53. The maximum atomic E-state index is 12.9. The van der Waals surface area contributed by atoms with Gasteiger partial charge in [-0.3, -0.25) is 9.78 Å². The molecule has 0 saturated carbocycles. The first-order valence-corrected chi connectivity index (χ1v) is 10.5. The molecule has 2 unspecified atom stereocenters. The number of anilines is 1. The van der Waals surface area contributed by atoms with Gasteiger partial charge in [0.25, 0.3) is 12.3 Å². The lowest BCUT2D eigenvalue weighted by atomic mass is 9.97. The number of halogens is 2. The standard InChI is InChI=1S/C18H23F2N5O2S/c1-10(2)13-5-4-12-15(28(21,27)24-13)9-25(3)16(12)18(26)23-11-6-7-22-14(8-11)17(19)20/h6-10,13,17H,4-5H2,1-3H3,(H2,21,24,27)(H,22,23,26). The molecule has 152 valence electrons. The van der Waals surface area contributed by atoms with E-state index in [0.717, 1.165) is 6.07 Å². The second-order valence-electron chi connectivity index (χ2n) is 7.22. The van der Waals surface area contributed by atoms with Crippen LogP contribution in [0.15, 0.2) is 29.4 Å². The van der Waals surface area contributed by atoms with Crippen LogP contribution in [0, 0.1) is 10.7 Å². The van der Waals surface area contributed by atoms with E-state index in [-0.39, 0.29) is 23.3 Å². The summed E-state index contributed by atoms with van der Waals surface area (Å²) in [5, 5.41) is 2.60. The highest BCUT2D eigenvalue weighted by Gasteiger charge is 2.31. The molecule has 2 atom stereocenters. The average Bonchev–Trinajstić information content (AvgIpc) is 2.89. The summed E-state index contributed by atoms with van der Waals surface area (Å²) in [6.07, 6.45) is 1.12. The van der Waals surface area contributed by atoms with Crippen molar-refractivity contribution in [2.24, 2.45) is 13.0 Å². The van der Waals surface area contributed by atoms with Crippen LogP contribution in [-0.2, 0) is 23.4 Å². The molecule has 2 aromatic rings. The van der Waals surface area contributed by atoms with Crippen molar-refractivity contribution < 1.29 is 17.8 Å². The second kappa shape index (κ2) is 7.59. The molecule has 0 aliphatic carbocycles. The van der Waals surface area contributed by atoms with Crippen LogP contribution in [0.3, 0.4) is 0 Å².